The van der Waals surface area contributed by atoms with Gasteiger partial charge >= 0.3 is 0 Å². The van der Waals surface area contributed by atoms with Gasteiger partial charge < -0.3 is 20.5 Å². The predicted octanol–water partition coefficient (Wildman–Crippen LogP) is -0.419. The average Bonchev–Trinajstić information content (AvgIpc) is 2.26. The van der Waals surface area contributed by atoms with Gasteiger partial charge in [-0.2, -0.15) is 0 Å². The number of hydrogen-bond donors (Lipinski definition) is 2. The van der Waals surface area contributed by atoms with Crippen molar-refractivity contribution in [3.8, 4) is 0 Å². The molecule has 0 aliphatic carbocycles. The molecule has 0 rings (SSSR count). The van der Waals surface area contributed by atoms with Crippen LogP contribution in [0.1, 0.15) is 19.8 Å². The molecular weight excluding hydrogens is 196 g/mol. The van der Waals surface area contributed by atoms with Gasteiger partial charge in [0, 0.05) is 33.4 Å². The molecule has 1 unspecified atom stereocenters. The lowest BCUT2D eigenvalue weighted by Crippen LogP contribution is -2.44. The molecule has 0 bridgehead atoms. The van der Waals surface area contributed by atoms with Gasteiger partial charge in [-0.05, 0) is 19.8 Å². The van der Waals surface area contributed by atoms with Gasteiger partial charge in [0.25, 0.3) is 0 Å². The van der Waals surface area contributed by atoms with E-state index < -0.39 is 6.04 Å². The van der Waals surface area contributed by atoms with Gasteiger partial charge in [0.1, 0.15) is 0 Å². The van der Waals surface area contributed by atoms with Crippen molar-refractivity contribution in [3.63, 3.8) is 0 Å². The number of aliphatic hydroxyl groups is 1. The summed E-state index contributed by atoms with van der Waals surface area (Å²) in [7, 11) is 1.58. The van der Waals surface area contributed by atoms with Gasteiger partial charge in [-0.1, -0.05) is 0 Å². The Morgan fingerprint density at radius 2 is 2.27 bits per heavy atom. The Balaban J connectivity index is 4.00. The molecule has 1 atom stereocenters. The summed E-state index contributed by atoms with van der Waals surface area (Å²) in [4.78, 5) is 13.4. The second-order valence-corrected chi connectivity index (χ2v) is 3.38. The Bertz CT molecular complexity index is 176. The fraction of sp³-hybridized carbons (Fsp3) is 0.900. The van der Waals surface area contributed by atoms with E-state index in [1.165, 1.54) is 0 Å². The summed E-state index contributed by atoms with van der Waals surface area (Å²) in [6.07, 6.45) is 1.13. The summed E-state index contributed by atoms with van der Waals surface area (Å²) in [5.74, 6) is -0.0667. The number of nitrogens with zero attached hydrogens (tertiary/aromatic N) is 1. The van der Waals surface area contributed by atoms with Crippen molar-refractivity contribution in [3.05, 3.63) is 0 Å². The van der Waals surface area contributed by atoms with Crippen LogP contribution in [0.5, 0.6) is 0 Å². The molecule has 5 nitrogen and oxygen atoms in total. The molecule has 0 heterocycles. The van der Waals surface area contributed by atoms with Crippen LogP contribution >= 0.6 is 0 Å². The number of methoxy groups -OCH3 is 1. The Hall–Kier alpha value is -0.650. The van der Waals surface area contributed by atoms with Crippen molar-refractivity contribution in [2.24, 2.45) is 5.73 Å². The number of nitrogens with two attached hydrogens (primary N) is 1. The molecule has 0 radical (unpaired) electrons. The molecule has 3 N–H and O–H groups in total. The van der Waals surface area contributed by atoms with E-state index in [4.69, 9.17) is 15.6 Å². The first-order valence-corrected chi connectivity index (χ1v) is 5.31. The van der Waals surface area contributed by atoms with E-state index in [1.807, 2.05) is 6.92 Å². The van der Waals surface area contributed by atoms with Crippen molar-refractivity contribution >= 4 is 5.91 Å². The molecule has 0 saturated carbocycles. The molecule has 90 valence electrons. The van der Waals surface area contributed by atoms with Crippen molar-refractivity contribution in [2.75, 3.05) is 33.4 Å². The van der Waals surface area contributed by atoms with Crippen LogP contribution < -0.4 is 5.73 Å². The highest BCUT2D eigenvalue weighted by molar-refractivity contribution is 5.81. The summed E-state index contributed by atoms with van der Waals surface area (Å²) < 4.78 is 4.87. The van der Waals surface area contributed by atoms with Gasteiger partial charge in [-0.3, -0.25) is 4.79 Å². The maximum absolute atomic E-state index is 11.7. The standard InChI is InChI=1S/C10H22N2O3/c1-3-12(6-4-7-13)10(14)9(11)5-8-15-2/h9,13H,3-8,11H2,1-2H3. The number of carbonyl (C=O) groups excluding carboxylic acids is 1. The average molecular weight is 218 g/mol. The first kappa shape index (κ1) is 14.3. The lowest BCUT2D eigenvalue weighted by atomic mass is 10.2. The van der Waals surface area contributed by atoms with Crippen molar-refractivity contribution in [1.82, 2.24) is 4.90 Å². The Labute approximate surface area is 91.2 Å². The second-order valence-electron chi connectivity index (χ2n) is 3.38. The van der Waals surface area contributed by atoms with E-state index in [9.17, 15) is 4.79 Å². The summed E-state index contributed by atoms with van der Waals surface area (Å²) in [6.45, 7) is 3.67. The van der Waals surface area contributed by atoms with Crippen LogP contribution in [0.4, 0.5) is 0 Å². The third-order valence-corrected chi connectivity index (χ3v) is 2.23. The van der Waals surface area contributed by atoms with Crippen LogP contribution in [-0.2, 0) is 9.53 Å². The highest BCUT2D eigenvalue weighted by Gasteiger charge is 2.18. The molecule has 5 heteroatoms. The topological polar surface area (TPSA) is 75.8 Å². The van der Waals surface area contributed by atoms with Gasteiger partial charge in [0.05, 0.1) is 6.04 Å². The molecule has 15 heavy (non-hydrogen) atoms. The monoisotopic (exact) mass is 218 g/mol. The third-order valence-electron chi connectivity index (χ3n) is 2.23. The van der Waals surface area contributed by atoms with Crippen LogP contribution in [0.25, 0.3) is 0 Å². The maximum Gasteiger partial charge on any atom is 0.239 e. The number of ether oxygens (including phenoxy) is 1. The van der Waals surface area contributed by atoms with E-state index in [2.05, 4.69) is 0 Å². The third kappa shape index (κ3) is 5.71. The smallest absolute Gasteiger partial charge is 0.239 e. The minimum atomic E-state index is -0.497. The number of amides is 1. The molecule has 0 saturated heterocycles. The van der Waals surface area contributed by atoms with Crippen LogP contribution in [0.3, 0.4) is 0 Å². The number of aliphatic hydroxyl groups excluding tert-OH is 1. The zero-order chi connectivity index (χ0) is 11.7. The Morgan fingerprint density at radius 3 is 2.73 bits per heavy atom. The molecule has 0 aliphatic heterocycles. The van der Waals surface area contributed by atoms with E-state index >= 15 is 0 Å². The molecule has 0 aromatic carbocycles. The molecule has 0 spiro atoms. The molecule has 0 aromatic rings. The van der Waals surface area contributed by atoms with Crippen LogP contribution in [0.15, 0.2) is 0 Å². The molecule has 0 aliphatic rings. The summed E-state index contributed by atoms with van der Waals surface area (Å²) >= 11 is 0. The van der Waals surface area contributed by atoms with Crippen molar-refractivity contribution < 1.29 is 14.6 Å². The normalized spacial score (nSPS) is 12.5. The minimum Gasteiger partial charge on any atom is -0.396 e. The van der Waals surface area contributed by atoms with Crippen molar-refractivity contribution in [1.29, 1.82) is 0 Å². The largest absolute Gasteiger partial charge is 0.396 e. The summed E-state index contributed by atoms with van der Waals surface area (Å²) in [5, 5.41) is 8.68. The number of carbonyl (C=O) groups is 1. The van der Waals surface area contributed by atoms with Gasteiger partial charge in [0.15, 0.2) is 0 Å². The fourth-order valence-corrected chi connectivity index (χ4v) is 1.29. The van der Waals surface area contributed by atoms with E-state index in [-0.39, 0.29) is 12.5 Å². The molecule has 1 amide bonds. The lowest BCUT2D eigenvalue weighted by molar-refractivity contribution is -0.133. The SMILES string of the molecule is CCN(CCCO)C(=O)C(N)CCOC. The highest BCUT2D eigenvalue weighted by Crippen LogP contribution is 1.99. The predicted molar refractivity (Wildman–Crippen MR) is 58.4 cm³/mol. The van der Waals surface area contributed by atoms with Crippen LogP contribution in [-0.4, -0.2) is 55.4 Å². The van der Waals surface area contributed by atoms with E-state index in [1.54, 1.807) is 12.0 Å². The highest BCUT2D eigenvalue weighted by atomic mass is 16.5. The first-order chi connectivity index (χ1) is 7.17. The van der Waals surface area contributed by atoms with Gasteiger partial charge in [-0.25, -0.2) is 0 Å². The summed E-state index contributed by atoms with van der Waals surface area (Å²) in [5.41, 5.74) is 5.72. The fourth-order valence-electron chi connectivity index (χ4n) is 1.29. The Morgan fingerprint density at radius 1 is 1.60 bits per heavy atom. The first-order valence-electron chi connectivity index (χ1n) is 5.31. The molecular formula is C10H22N2O3. The molecule has 0 aromatic heterocycles. The van der Waals surface area contributed by atoms with Crippen LogP contribution in [0.2, 0.25) is 0 Å². The summed E-state index contributed by atoms with van der Waals surface area (Å²) in [6, 6.07) is -0.497. The van der Waals surface area contributed by atoms with E-state index in [0.29, 0.717) is 32.5 Å². The minimum absolute atomic E-state index is 0.0667. The second kappa shape index (κ2) is 8.64. The quantitative estimate of drug-likeness (QED) is 0.580. The zero-order valence-electron chi connectivity index (χ0n) is 9.61. The number of rotatable bonds is 8. The molecule has 0 fully saturated rings. The van der Waals surface area contributed by atoms with Gasteiger partial charge in [0.2, 0.25) is 5.91 Å². The van der Waals surface area contributed by atoms with Gasteiger partial charge in [-0.15, -0.1) is 0 Å². The number of likely N-dealkylation sites (N-methyl/N-ethyl adjacent to an activating group) is 1. The maximum atomic E-state index is 11.7. The van der Waals surface area contributed by atoms with E-state index in [0.717, 1.165) is 0 Å². The Kier molecular flexibility index (Phi) is 8.27. The number of hydrogen-bond acceptors (Lipinski definition) is 4. The lowest BCUT2D eigenvalue weighted by Gasteiger charge is -2.23. The van der Waals surface area contributed by atoms with Crippen molar-refractivity contribution in [2.45, 2.75) is 25.8 Å². The zero-order valence-corrected chi connectivity index (χ0v) is 9.61. The van der Waals surface area contributed by atoms with Crippen LogP contribution in [0, 0.1) is 0 Å².